The molecule has 0 atom stereocenters. The molecule has 1 aromatic heterocycles. The molecule has 4 aromatic rings. The minimum Gasteiger partial charge on any atom is -0.494 e. The average molecular weight is 436 g/mol. The van der Waals surface area contributed by atoms with Crippen molar-refractivity contribution in [3.63, 3.8) is 0 Å². The number of anilines is 1. The zero-order chi connectivity index (χ0) is 21.0. The van der Waals surface area contributed by atoms with E-state index in [9.17, 15) is 8.42 Å². The fraction of sp³-hybridized carbons (Fsp3) is 0.167. The zero-order valence-corrected chi connectivity index (χ0v) is 17.3. The van der Waals surface area contributed by atoms with Gasteiger partial charge < -0.3 is 4.74 Å². The lowest BCUT2D eigenvalue weighted by Gasteiger charge is -2.13. The Labute approximate surface area is 183 Å². The molecule has 0 saturated carbocycles. The minimum absolute atomic E-state index is 0. The van der Waals surface area contributed by atoms with E-state index in [-0.39, 0.29) is 18.1 Å². The van der Waals surface area contributed by atoms with Crippen LogP contribution in [0, 0.1) is 0 Å². The number of rotatable bonds is 7. The average Bonchev–Trinajstić information content (AvgIpc) is 2.75. The van der Waals surface area contributed by atoms with E-state index in [0.717, 1.165) is 5.56 Å². The van der Waals surface area contributed by atoms with Crippen molar-refractivity contribution < 1.29 is 13.2 Å². The topological polar surface area (TPSA) is 81.2 Å². The van der Waals surface area contributed by atoms with Crippen molar-refractivity contribution in [2.45, 2.75) is 25.7 Å². The monoisotopic (exact) mass is 435 g/mol. The summed E-state index contributed by atoms with van der Waals surface area (Å²) in [5.41, 5.74) is 2.92. The molecule has 4 rings (SSSR count). The van der Waals surface area contributed by atoms with Crippen LogP contribution in [0.1, 0.15) is 25.6 Å². The highest BCUT2D eigenvalue weighted by Crippen LogP contribution is 2.24. The molecule has 7 heteroatoms. The van der Waals surface area contributed by atoms with Crippen molar-refractivity contribution in [2.24, 2.45) is 0 Å². The van der Waals surface area contributed by atoms with Crippen LogP contribution in [0.15, 0.2) is 83.8 Å². The summed E-state index contributed by atoms with van der Waals surface area (Å²) >= 11 is 0. The molecular weight excluding hydrogens is 410 g/mol. The molecule has 0 amide bonds. The normalized spacial score (nSPS) is 11.0. The van der Waals surface area contributed by atoms with Gasteiger partial charge in [-0.2, -0.15) is 0 Å². The summed E-state index contributed by atoms with van der Waals surface area (Å²) in [6.45, 7) is 2.39. The van der Waals surface area contributed by atoms with E-state index in [1.54, 1.807) is 12.1 Å². The quantitative estimate of drug-likeness (QED) is 0.439. The predicted octanol–water partition coefficient (Wildman–Crippen LogP) is 5.06. The van der Waals surface area contributed by atoms with Crippen LogP contribution in [0.2, 0.25) is 0 Å². The zero-order valence-electron chi connectivity index (χ0n) is 16.4. The number of para-hydroxylation sites is 2. The van der Waals surface area contributed by atoms with Gasteiger partial charge in [0, 0.05) is 6.42 Å². The summed E-state index contributed by atoms with van der Waals surface area (Å²) in [5, 5.41) is 0. The lowest BCUT2D eigenvalue weighted by Crippen LogP contribution is -2.16. The first-order valence-electron chi connectivity index (χ1n) is 9.60. The number of hydrogen-bond acceptors (Lipinski definition) is 5. The van der Waals surface area contributed by atoms with Crippen LogP contribution in [-0.4, -0.2) is 25.0 Å². The fourth-order valence-corrected chi connectivity index (χ4v) is 4.13. The molecule has 0 unspecified atom stereocenters. The molecule has 0 aliphatic rings. The van der Waals surface area contributed by atoms with Crippen LogP contribution >= 0.6 is 0 Å². The van der Waals surface area contributed by atoms with E-state index >= 15 is 0 Å². The second-order valence-electron chi connectivity index (χ2n) is 6.68. The third kappa shape index (κ3) is 5.19. The predicted molar refractivity (Wildman–Crippen MR) is 124 cm³/mol. The summed E-state index contributed by atoms with van der Waals surface area (Å²) in [6, 6.07) is 23.5. The summed E-state index contributed by atoms with van der Waals surface area (Å²) in [6.07, 6.45) is 0.458. The highest BCUT2D eigenvalue weighted by atomic mass is 32.2. The molecule has 6 nitrogen and oxygen atoms in total. The minimum atomic E-state index is -3.84. The molecule has 1 heterocycles. The maximum Gasteiger partial charge on any atom is 0.263 e. The number of ether oxygens (including phenoxy) is 1. The summed E-state index contributed by atoms with van der Waals surface area (Å²) < 4.78 is 34.0. The Hall–Kier alpha value is -3.45. The molecule has 0 fully saturated rings. The van der Waals surface area contributed by atoms with E-state index in [2.05, 4.69) is 14.7 Å². The van der Waals surface area contributed by atoms with Gasteiger partial charge in [0.2, 0.25) is 0 Å². The van der Waals surface area contributed by atoms with E-state index in [4.69, 9.17) is 4.74 Å². The number of fused-ring (bicyclic) bond motifs is 1. The van der Waals surface area contributed by atoms with Gasteiger partial charge in [0.1, 0.15) is 5.75 Å². The maximum absolute atomic E-state index is 13.0. The fourth-order valence-electron chi connectivity index (χ4n) is 3.10. The van der Waals surface area contributed by atoms with Gasteiger partial charge in [0.15, 0.2) is 5.82 Å². The van der Waals surface area contributed by atoms with Gasteiger partial charge in [0.05, 0.1) is 28.2 Å². The molecule has 0 aliphatic carbocycles. The molecule has 0 bridgehead atoms. The molecule has 31 heavy (non-hydrogen) atoms. The third-order valence-corrected chi connectivity index (χ3v) is 5.89. The Bertz CT molecular complexity index is 1260. The van der Waals surface area contributed by atoms with Crippen molar-refractivity contribution in [1.29, 1.82) is 0 Å². The number of aromatic nitrogens is 2. The van der Waals surface area contributed by atoms with Crippen LogP contribution in [0.25, 0.3) is 11.0 Å². The van der Waals surface area contributed by atoms with Crippen LogP contribution < -0.4 is 9.46 Å². The largest absolute Gasteiger partial charge is 0.494 e. The first-order valence-corrected chi connectivity index (χ1v) is 11.1. The van der Waals surface area contributed by atoms with Gasteiger partial charge in [-0.25, -0.2) is 18.4 Å². The van der Waals surface area contributed by atoms with Gasteiger partial charge >= 0.3 is 0 Å². The lowest BCUT2D eigenvalue weighted by atomic mass is 10.1. The Morgan fingerprint density at radius 3 is 2.10 bits per heavy atom. The van der Waals surface area contributed by atoms with Crippen LogP contribution in [0.3, 0.4) is 0 Å². The van der Waals surface area contributed by atoms with E-state index in [0.29, 0.717) is 35.5 Å². The van der Waals surface area contributed by atoms with E-state index in [1.165, 1.54) is 12.1 Å². The summed E-state index contributed by atoms with van der Waals surface area (Å²) in [4.78, 5) is 9.36. The van der Waals surface area contributed by atoms with Gasteiger partial charge in [-0.15, -0.1) is 0 Å². The molecule has 0 radical (unpaired) electrons. The Kier molecular flexibility index (Phi) is 6.87. The smallest absolute Gasteiger partial charge is 0.263 e. The van der Waals surface area contributed by atoms with Gasteiger partial charge in [-0.05, 0) is 48.9 Å². The SMILES string of the molecule is C.CCOc1ccc(S(=O)(=O)Nc2nc3ccccc3nc2Cc2ccccc2)cc1. The number of nitrogens with zero attached hydrogens (tertiary/aromatic N) is 2. The van der Waals surface area contributed by atoms with Crippen LogP contribution in [0.4, 0.5) is 5.82 Å². The van der Waals surface area contributed by atoms with Crippen molar-refractivity contribution >= 4 is 26.9 Å². The summed E-state index contributed by atoms with van der Waals surface area (Å²) in [5.74, 6) is 0.846. The Morgan fingerprint density at radius 1 is 0.839 bits per heavy atom. The molecule has 0 aliphatic heterocycles. The molecule has 0 spiro atoms. The van der Waals surface area contributed by atoms with Crippen molar-refractivity contribution in [3.05, 3.63) is 90.1 Å². The molecule has 0 saturated heterocycles. The third-order valence-electron chi connectivity index (χ3n) is 4.53. The highest BCUT2D eigenvalue weighted by molar-refractivity contribution is 7.92. The van der Waals surface area contributed by atoms with E-state index < -0.39 is 10.0 Å². The van der Waals surface area contributed by atoms with Gasteiger partial charge in [-0.3, -0.25) is 4.72 Å². The number of sulfonamides is 1. The Balaban J connectivity index is 0.00000272. The first-order chi connectivity index (χ1) is 14.5. The van der Waals surface area contributed by atoms with E-state index in [1.807, 2.05) is 61.5 Å². The van der Waals surface area contributed by atoms with Crippen molar-refractivity contribution in [1.82, 2.24) is 9.97 Å². The lowest BCUT2D eigenvalue weighted by molar-refractivity contribution is 0.340. The first kappa shape index (κ1) is 22.2. The maximum atomic E-state index is 13.0. The number of hydrogen-bond donors (Lipinski definition) is 1. The molecular formula is C24H25N3O3S. The second-order valence-corrected chi connectivity index (χ2v) is 8.36. The second kappa shape index (κ2) is 9.57. The van der Waals surface area contributed by atoms with Crippen molar-refractivity contribution in [2.75, 3.05) is 11.3 Å². The highest BCUT2D eigenvalue weighted by Gasteiger charge is 2.19. The molecule has 160 valence electrons. The molecule has 1 N–H and O–H groups in total. The molecule has 3 aromatic carbocycles. The van der Waals surface area contributed by atoms with Gasteiger partial charge in [0.25, 0.3) is 10.0 Å². The van der Waals surface area contributed by atoms with Crippen molar-refractivity contribution in [3.8, 4) is 5.75 Å². The van der Waals surface area contributed by atoms with Crippen LogP contribution in [-0.2, 0) is 16.4 Å². The standard InChI is InChI=1S/C23H21N3O3S.CH4/c1-2-29-18-12-14-19(15-13-18)30(27,28)26-23-22(16-17-8-4-3-5-9-17)24-20-10-6-7-11-21(20)25-23;/h3-15H,2,16H2,1H3,(H,25,26);1H4. The number of benzene rings is 3. The Morgan fingerprint density at radius 2 is 1.45 bits per heavy atom. The summed E-state index contributed by atoms with van der Waals surface area (Å²) in [7, 11) is -3.84. The number of nitrogens with one attached hydrogen (secondary N) is 1. The van der Waals surface area contributed by atoms with Crippen LogP contribution in [0.5, 0.6) is 5.75 Å². The van der Waals surface area contributed by atoms with Gasteiger partial charge in [-0.1, -0.05) is 49.9 Å².